The van der Waals surface area contributed by atoms with Gasteiger partial charge in [-0.25, -0.2) is 0 Å². The quantitative estimate of drug-likeness (QED) is 0.619. The fourth-order valence-corrected chi connectivity index (χ4v) is 2.63. The van der Waals surface area contributed by atoms with E-state index < -0.39 is 6.04 Å². The number of nitrogens with zero attached hydrogens (tertiary/aromatic N) is 1. The van der Waals surface area contributed by atoms with Gasteiger partial charge in [-0.2, -0.15) is 0 Å². The van der Waals surface area contributed by atoms with Gasteiger partial charge >= 0.3 is 0 Å². The van der Waals surface area contributed by atoms with E-state index >= 15 is 0 Å². The van der Waals surface area contributed by atoms with Crippen LogP contribution in [0.25, 0.3) is 0 Å². The van der Waals surface area contributed by atoms with Crippen molar-refractivity contribution in [3.63, 3.8) is 0 Å². The molecule has 0 aromatic heterocycles. The van der Waals surface area contributed by atoms with Crippen LogP contribution in [0, 0.1) is 0 Å². The number of anilines is 1. The van der Waals surface area contributed by atoms with Crippen LogP contribution in [0.4, 0.5) is 5.69 Å². The van der Waals surface area contributed by atoms with Crippen molar-refractivity contribution < 1.29 is 14.3 Å². The summed E-state index contributed by atoms with van der Waals surface area (Å²) in [7, 11) is 3.43. The maximum absolute atomic E-state index is 12.6. The summed E-state index contributed by atoms with van der Waals surface area (Å²) in [5.74, 6) is -0.0144. The van der Waals surface area contributed by atoms with Crippen molar-refractivity contribution in [3.8, 4) is 5.75 Å². The average Bonchev–Trinajstić information content (AvgIpc) is 2.71. The number of nitrogens with one attached hydrogen (secondary N) is 3. The maximum atomic E-state index is 12.6. The Morgan fingerprint density at radius 2 is 1.70 bits per heavy atom. The van der Waals surface area contributed by atoms with Crippen molar-refractivity contribution in [1.29, 1.82) is 0 Å². The van der Waals surface area contributed by atoms with Crippen LogP contribution in [0.1, 0.15) is 18.5 Å². The minimum Gasteiger partial charge on any atom is -0.495 e. The molecule has 0 saturated carbocycles. The minimum atomic E-state index is -0.487. The number of hydrogen-bond acceptors (Lipinski definition) is 5. The molecule has 0 heterocycles. The van der Waals surface area contributed by atoms with Crippen LogP contribution in [-0.4, -0.2) is 44.0 Å². The first-order valence-electron chi connectivity index (χ1n) is 8.77. The Bertz CT molecular complexity index is 752. The first-order chi connectivity index (χ1) is 13.1. The van der Waals surface area contributed by atoms with Gasteiger partial charge in [-0.1, -0.05) is 49.4 Å². The third-order valence-electron chi connectivity index (χ3n) is 4.17. The van der Waals surface area contributed by atoms with Crippen molar-refractivity contribution in [2.75, 3.05) is 32.6 Å². The van der Waals surface area contributed by atoms with Crippen molar-refractivity contribution in [2.45, 2.75) is 13.0 Å². The molecule has 7 nitrogen and oxygen atoms in total. The molecule has 0 aliphatic carbocycles. The molecule has 2 rings (SSSR count). The Morgan fingerprint density at radius 3 is 2.37 bits per heavy atom. The van der Waals surface area contributed by atoms with Crippen molar-refractivity contribution in [3.05, 3.63) is 60.2 Å². The molecular weight excluding hydrogens is 344 g/mol. The average molecular weight is 370 g/mol. The summed E-state index contributed by atoms with van der Waals surface area (Å²) in [6, 6.07) is 16.3. The predicted octanol–water partition coefficient (Wildman–Crippen LogP) is 1.95. The van der Waals surface area contributed by atoms with E-state index in [9.17, 15) is 9.59 Å². The van der Waals surface area contributed by atoms with E-state index in [1.165, 1.54) is 0 Å². The van der Waals surface area contributed by atoms with E-state index in [-0.39, 0.29) is 18.4 Å². The van der Waals surface area contributed by atoms with E-state index in [1.807, 2.05) is 67.4 Å². The Kier molecular flexibility index (Phi) is 7.63. The highest BCUT2D eigenvalue weighted by Gasteiger charge is 2.24. The van der Waals surface area contributed by atoms with Gasteiger partial charge < -0.3 is 10.1 Å². The summed E-state index contributed by atoms with van der Waals surface area (Å²) in [6.45, 7) is 2.66. The normalized spacial score (nSPS) is 11.6. The first kappa shape index (κ1) is 20.3. The summed E-state index contributed by atoms with van der Waals surface area (Å²) in [6.07, 6.45) is 0. The fourth-order valence-electron chi connectivity index (χ4n) is 2.63. The SMILES string of the molecule is CCN(C)C(C(=O)NNC(=O)CNc1ccccc1OC)c1ccccc1. The Hall–Kier alpha value is -3.06. The minimum absolute atomic E-state index is 0.000272. The van der Waals surface area contributed by atoms with Gasteiger partial charge in [0.2, 0.25) is 0 Å². The summed E-state index contributed by atoms with van der Waals surface area (Å²) in [5.41, 5.74) is 6.53. The number of ether oxygens (including phenoxy) is 1. The van der Waals surface area contributed by atoms with Crippen molar-refractivity contribution >= 4 is 17.5 Å². The molecule has 1 unspecified atom stereocenters. The van der Waals surface area contributed by atoms with Gasteiger partial charge in [-0.3, -0.25) is 25.3 Å². The number of hydrogen-bond donors (Lipinski definition) is 3. The first-order valence-corrected chi connectivity index (χ1v) is 8.77. The predicted molar refractivity (Wildman–Crippen MR) is 105 cm³/mol. The molecule has 0 saturated heterocycles. The summed E-state index contributed by atoms with van der Waals surface area (Å²) in [4.78, 5) is 26.6. The monoisotopic (exact) mass is 370 g/mol. The van der Waals surface area contributed by atoms with E-state index in [2.05, 4.69) is 16.2 Å². The number of carbonyl (C=O) groups is 2. The highest BCUT2D eigenvalue weighted by Crippen LogP contribution is 2.22. The zero-order chi connectivity index (χ0) is 19.6. The number of likely N-dealkylation sites (N-methyl/N-ethyl adjacent to an activating group) is 1. The second-order valence-electron chi connectivity index (χ2n) is 5.98. The maximum Gasteiger partial charge on any atom is 0.260 e. The lowest BCUT2D eigenvalue weighted by atomic mass is 10.1. The molecule has 7 heteroatoms. The number of hydrazine groups is 1. The largest absolute Gasteiger partial charge is 0.495 e. The van der Waals surface area contributed by atoms with Gasteiger partial charge in [0.15, 0.2) is 0 Å². The van der Waals surface area contributed by atoms with Gasteiger partial charge in [0.1, 0.15) is 11.8 Å². The van der Waals surface area contributed by atoms with Gasteiger partial charge in [0.25, 0.3) is 11.8 Å². The van der Waals surface area contributed by atoms with Crippen LogP contribution in [0.15, 0.2) is 54.6 Å². The number of benzene rings is 2. The molecule has 3 N–H and O–H groups in total. The van der Waals surface area contributed by atoms with Gasteiger partial charge in [0.05, 0.1) is 19.3 Å². The zero-order valence-electron chi connectivity index (χ0n) is 15.9. The molecule has 1 atom stereocenters. The number of amides is 2. The van der Waals surface area contributed by atoms with E-state index in [0.29, 0.717) is 18.0 Å². The summed E-state index contributed by atoms with van der Waals surface area (Å²) < 4.78 is 5.23. The lowest BCUT2D eigenvalue weighted by Crippen LogP contribution is -2.48. The Labute approximate surface area is 159 Å². The molecule has 0 bridgehead atoms. The van der Waals surface area contributed by atoms with E-state index in [1.54, 1.807) is 13.2 Å². The highest BCUT2D eigenvalue weighted by molar-refractivity contribution is 5.87. The number of para-hydroxylation sites is 2. The molecule has 0 aliphatic rings. The van der Waals surface area contributed by atoms with Crippen LogP contribution in [0.5, 0.6) is 5.75 Å². The summed E-state index contributed by atoms with van der Waals surface area (Å²) >= 11 is 0. The standard InChI is InChI=1S/C20H26N4O3/c1-4-24(2)19(15-10-6-5-7-11-15)20(26)23-22-18(25)14-21-16-12-8-9-13-17(16)27-3/h5-13,19,21H,4,14H2,1-3H3,(H,22,25)(H,23,26). The van der Waals surface area contributed by atoms with Gasteiger partial charge in [-0.15, -0.1) is 0 Å². The lowest BCUT2D eigenvalue weighted by Gasteiger charge is -2.26. The Balaban J connectivity index is 1.91. The van der Waals surface area contributed by atoms with Crippen LogP contribution < -0.4 is 20.9 Å². The molecule has 27 heavy (non-hydrogen) atoms. The van der Waals surface area contributed by atoms with E-state index in [0.717, 1.165) is 5.56 Å². The molecule has 0 fully saturated rings. The molecule has 144 valence electrons. The number of rotatable bonds is 8. The fraction of sp³-hybridized carbons (Fsp3) is 0.300. The molecule has 0 aliphatic heterocycles. The van der Waals surface area contributed by atoms with Crippen molar-refractivity contribution in [1.82, 2.24) is 15.8 Å². The second-order valence-corrected chi connectivity index (χ2v) is 5.98. The zero-order valence-corrected chi connectivity index (χ0v) is 15.9. The van der Waals surface area contributed by atoms with Crippen molar-refractivity contribution in [2.24, 2.45) is 0 Å². The van der Waals surface area contributed by atoms with Gasteiger partial charge in [-0.05, 0) is 31.3 Å². The number of methoxy groups -OCH3 is 1. The topological polar surface area (TPSA) is 82.7 Å². The Morgan fingerprint density at radius 1 is 1.04 bits per heavy atom. The molecule has 2 aromatic rings. The van der Waals surface area contributed by atoms with Gasteiger partial charge in [0, 0.05) is 0 Å². The van der Waals surface area contributed by atoms with Crippen LogP contribution in [0.3, 0.4) is 0 Å². The lowest BCUT2D eigenvalue weighted by molar-refractivity contribution is -0.131. The molecular formula is C20H26N4O3. The highest BCUT2D eigenvalue weighted by atomic mass is 16.5. The van der Waals surface area contributed by atoms with Crippen LogP contribution in [-0.2, 0) is 9.59 Å². The molecule has 0 spiro atoms. The molecule has 2 aromatic carbocycles. The van der Waals surface area contributed by atoms with Crippen LogP contribution in [0.2, 0.25) is 0 Å². The summed E-state index contributed by atoms with van der Waals surface area (Å²) in [5, 5.41) is 2.98. The third kappa shape index (κ3) is 5.72. The smallest absolute Gasteiger partial charge is 0.260 e. The third-order valence-corrected chi connectivity index (χ3v) is 4.17. The van der Waals surface area contributed by atoms with E-state index in [4.69, 9.17) is 4.74 Å². The number of carbonyl (C=O) groups excluding carboxylic acids is 2. The second kappa shape index (κ2) is 10.2. The molecule has 0 radical (unpaired) electrons. The molecule has 2 amide bonds. The van der Waals surface area contributed by atoms with Crippen LogP contribution >= 0.6 is 0 Å².